The first-order valence-electron chi connectivity index (χ1n) is 8.48. The lowest BCUT2D eigenvalue weighted by Crippen LogP contribution is -2.31. The molecule has 0 aliphatic carbocycles. The molecule has 1 aliphatic heterocycles. The van der Waals surface area contributed by atoms with Crippen molar-refractivity contribution >= 4 is 29.3 Å². The van der Waals surface area contributed by atoms with Crippen molar-refractivity contribution in [2.75, 3.05) is 4.90 Å². The van der Waals surface area contributed by atoms with Gasteiger partial charge in [-0.3, -0.25) is 14.5 Å². The average Bonchev–Trinajstić information content (AvgIpc) is 2.94. The highest BCUT2D eigenvalue weighted by Gasteiger charge is 2.40. The van der Waals surface area contributed by atoms with E-state index < -0.39 is 11.2 Å². The fourth-order valence-corrected chi connectivity index (χ4v) is 4.27. The van der Waals surface area contributed by atoms with Crippen molar-refractivity contribution in [3.8, 4) is 6.07 Å². The Hall–Kier alpha value is -3.04. The van der Waals surface area contributed by atoms with Gasteiger partial charge in [0.05, 0.1) is 5.25 Å². The van der Waals surface area contributed by atoms with Crippen molar-refractivity contribution in [3.05, 3.63) is 75.8 Å². The summed E-state index contributed by atoms with van der Waals surface area (Å²) in [7, 11) is 0. The highest BCUT2D eigenvalue weighted by atomic mass is 32.2. The smallest absolute Gasteiger partial charge is 0.262 e. The van der Waals surface area contributed by atoms with Crippen LogP contribution >= 0.6 is 11.8 Å². The normalized spacial score (nSPS) is 18.3. The van der Waals surface area contributed by atoms with Gasteiger partial charge in [-0.1, -0.05) is 53.7 Å². The third-order valence-electron chi connectivity index (χ3n) is 4.48. The van der Waals surface area contributed by atoms with E-state index in [-0.39, 0.29) is 11.5 Å². The SMILES string of the molecule is Cc1ccc(N2C(=O)[C@@H](Cc3ccccc3C)S/C2=C(\C#N)C(N)=O)cc1. The zero-order chi connectivity index (χ0) is 19.6. The predicted molar refractivity (Wildman–Crippen MR) is 107 cm³/mol. The number of benzene rings is 2. The molecule has 2 aromatic carbocycles. The van der Waals surface area contributed by atoms with E-state index in [9.17, 15) is 14.9 Å². The number of primary amides is 1. The molecule has 0 aromatic heterocycles. The Kier molecular flexibility index (Phi) is 5.33. The third kappa shape index (κ3) is 3.74. The number of nitrogens with zero attached hydrogens (tertiary/aromatic N) is 2. The van der Waals surface area contributed by atoms with Crippen LogP contribution in [0.3, 0.4) is 0 Å². The Morgan fingerprint density at radius 2 is 1.85 bits per heavy atom. The van der Waals surface area contributed by atoms with Gasteiger partial charge in [0.1, 0.15) is 16.7 Å². The molecule has 2 aromatic rings. The van der Waals surface area contributed by atoms with E-state index in [1.807, 2.05) is 56.3 Å². The topological polar surface area (TPSA) is 87.2 Å². The second kappa shape index (κ2) is 7.68. The maximum Gasteiger partial charge on any atom is 0.262 e. The minimum Gasteiger partial charge on any atom is -0.365 e. The summed E-state index contributed by atoms with van der Waals surface area (Å²) in [6.45, 7) is 3.95. The summed E-state index contributed by atoms with van der Waals surface area (Å²) in [6.07, 6.45) is 0.513. The van der Waals surface area contributed by atoms with Crippen LogP contribution < -0.4 is 10.6 Å². The molecule has 2 N–H and O–H groups in total. The number of hydrogen-bond donors (Lipinski definition) is 1. The maximum absolute atomic E-state index is 13.2. The number of hydrogen-bond acceptors (Lipinski definition) is 4. The van der Waals surface area contributed by atoms with Gasteiger partial charge in [-0.05, 0) is 43.5 Å². The first-order valence-corrected chi connectivity index (χ1v) is 9.36. The summed E-state index contributed by atoms with van der Waals surface area (Å²) in [5.41, 5.74) is 9.03. The van der Waals surface area contributed by atoms with Crippen LogP contribution in [-0.2, 0) is 16.0 Å². The van der Waals surface area contributed by atoms with Crippen LogP contribution in [0.1, 0.15) is 16.7 Å². The fourth-order valence-electron chi connectivity index (χ4n) is 2.97. The van der Waals surface area contributed by atoms with Gasteiger partial charge in [-0.25, -0.2) is 0 Å². The molecule has 1 aliphatic rings. The van der Waals surface area contributed by atoms with Crippen molar-refractivity contribution in [1.29, 1.82) is 5.26 Å². The van der Waals surface area contributed by atoms with Crippen LogP contribution in [0.5, 0.6) is 0 Å². The van der Waals surface area contributed by atoms with Crippen molar-refractivity contribution in [3.63, 3.8) is 0 Å². The molecule has 2 amide bonds. The molecular weight excluding hydrogens is 358 g/mol. The molecule has 5 nitrogen and oxygen atoms in total. The molecule has 6 heteroatoms. The number of aryl methyl sites for hydroxylation is 2. The standard InChI is InChI=1S/C21H19N3O2S/c1-13-7-9-16(10-8-13)24-20(26)18(11-15-6-4-3-5-14(15)2)27-21(24)17(12-22)19(23)25/h3-10,18H,11H2,1-2H3,(H2,23,25)/b21-17+/t18-/m1/s1. The molecule has 1 heterocycles. The van der Waals surface area contributed by atoms with E-state index in [1.54, 1.807) is 12.1 Å². The zero-order valence-electron chi connectivity index (χ0n) is 15.1. The minimum atomic E-state index is -0.832. The van der Waals surface area contributed by atoms with Gasteiger partial charge >= 0.3 is 0 Å². The maximum atomic E-state index is 13.2. The lowest BCUT2D eigenvalue weighted by Gasteiger charge is -2.18. The fraction of sp³-hybridized carbons (Fsp3) is 0.190. The largest absolute Gasteiger partial charge is 0.365 e. The number of nitrogens with two attached hydrogens (primary N) is 1. The number of amides is 2. The number of rotatable bonds is 4. The van der Waals surface area contributed by atoms with Crippen LogP contribution in [0.4, 0.5) is 5.69 Å². The highest BCUT2D eigenvalue weighted by Crippen LogP contribution is 2.42. The summed E-state index contributed by atoms with van der Waals surface area (Å²) < 4.78 is 0. The minimum absolute atomic E-state index is 0.156. The lowest BCUT2D eigenvalue weighted by molar-refractivity contribution is -0.117. The number of carbonyl (C=O) groups is 2. The second-order valence-electron chi connectivity index (χ2n) is 6.40. The van der Waals surface area contributed by atoms with E-state index in [4.69, 9.17) is 5.73 Å². The summed E-state index contributed by atoms with van der Waals surface area (Å²) in [4.78, 5) is 26.4. The first kappa shape index (κ1) is 18.7. The van der Waals surface area contributed by atoms with Crippen molar-refractivity contribution < 1.29 is 9.59 Å². The van der Waals surface area contributed by atoms with Crippen molar-refractivity contribution in [2.24, 2.45) is 5.73 Å². The Balaban J connectivity index is 2.05. The molecule has 1 fully saturated rings. The van der Waals surface area contributed by atoms with E-state index >= 15 is 0 Å². The number of carbonyl (C=O) groups excluding carboxylic acids is 2. The molecule has 27 heavy (non-hydrogen) atoms. The van der Waals surface area contributed by atoms with E-state index in [0.717, 1.165) is 16.7 Å². The number of thioether (sulfide) groups is 1. The van der Waals surface area contributed by atoms with Crippen molar-refractivity contribution in [1.82, 2.24) is 0 Å². The summed E-state index contributed by atoms with van der Waals surface area (Å²) in [5.74, 6) is -0.988. The van der Waals surface area contributed by atoms with Gasteiger partial charge in [0.2, 0.25) is 5.91 Å². The zero-order valence-corrected chi connectivity index (χ0v) is 15.9. The van der Waals surface area contributed by atoms with Crippen LogP contribution in [-0.4, -0.2) is 17.1 Å². The van der Waals surface area contributed by atoms with E-state index in [2.05, 4.69) is 0 Å². The summed E-state index contributed by atoms with van der Waals surface area (Å²) in [6, 6.07) is 17.1. The summed E-state index contributed by atoms with van der Waals surface area (Å²) >= 11 is 1.22. The van der Waals surface area contributed by atoms with Crippen LogP contribution in [0.15, 0.2) is 59.1 Å². The Morgan fingerprint density at radius 1 is 1.19 bits per heavy atom. The van der Waals surface area contributed by atoms with Gasteiger partial charge in [-0.2, -0.15) is 5.26 Å². The molecule has 0 unspecified atom stereocenters. The van der Waals surface area contributed by atoms with Crippen LogP contribution in [0.25, 0.3) is 0 Å². The van der Waals surface area contributed by atoms with Gasteiger partial charge in [-0.15, -0.1) is 0 Å². The monoisotopic (exact) mass is 377 g/mol. The van der Waals surface area contributed by atoms with Crippen LogP contribution in [0.2, 0.25) is 0 Å². The van der Waals surface area contributed by atoms with Crippen molar-refractivity contribution in [2.45, 2.75) is 25.5 Å². The number of anilines is 1. The summed E-state index contributed by atoms with van der Waals surface area (Å²) in [5, 5.41) is 9.29. The Bertz CT molecular complexity index is 974. The van der Waals surface area contributed by atoms with E-state index in [1.165, 1.54) is 16.7 Å². The third-order valence-corrected chi connectivity index (χ3v) is 5.75. The first-order chi connectivity index (χ1) is 12.9. The highest BCUT2D eigenvalue weighted by molar-refractivity contribution is 8.05. The molecule has 1 atom stereocenters. The number of nitriles is 1. The molecular formula is C21H19N3O2S. The van der Waals surface area contributed by atoms with Gasteiger partial charge < -0.3 is 5.73 Å². The Labute approximate surface area is 162 Å². The molecule has 0 bridgehead atoms. The molecule has 0 saturated carbocycles. The predicted octanol–water partition coefficient (Wildman–Crippen LogP) is 3.22. The Morgan fingerprint density at radius 3 is 2.44 bits per heavy atom. The molecule has 136 valence electrons. The molecule has 3 rings (SSSR count). The quantitative estimate of drug-likeness (QED) is 0.655. The molecule has 0 spiro atoms. The van der Waals surface area contributed by atoms with Crippen LogP contribution in [0, 0.1) is 25.2 Å². The van der Waals surface area contributed by atoms with Gasteiger partial charge in [0, 0.05) is 5.69 Å². The average molecular weight is 377 g/mol. The van der Waals surface area contributed by atoms with Gasteiger partial charge in [0.25, 0.3) is 5.91 Å². The second-order valence-corrected chi connectivity index (χ2v) is 7.59. The molecule has 0 radical (unpaired) electrons. The molecule has 1 saturated heterocycles. The van der Waals surface area contributed by atoms with Gasteiger partial charge in [0.15, 0.2) is 0 Å². The lowest BCUT2D eigenvalue weighted by atomic mass is 10.0. The van der Waals surface area contributed by atoms with E-state index in [0.29, 0.717) is 17.1 Å².